The van der Waals surface area contributed by atoms with E-state index in [4.69, 9.17) is 0 Å². The van der Waals surface area contributed by atoms with Crippen LogP contribution in [0.25, 0.3) is 10.8 Å². The van der Waals surface area contributed by atoms with E-state index in [0.717, 1.165) is 6.54 Å². The quantitative estimate of drug-likeness (QED) is 0.645. The van der Waals surface area contributed by atoms with Gasteiger partial charge in [-0.3, -0.25) is 4.90 Å². The molecule has 3 aromatic rings. The Hall–Kier alpha value is -2.16. The van der Waals surface area contributed by atoms with Crippen molar-refractivity contribution in [3.05, 3.63) is 83.9 Å². The molecule has 1 aliphatic rings. The van der Waals surface area contributed by atoms with Crippen LogP contribution in [0.2, 0.25) is 0 Å². The zero-order chi connectivity index (χ0) is 17.6. The lowest BCUT2D eigenvalue weighted by Crippen LogP contribution is -2.46. The second-order valence-corrected chi connectivity index (χ2v) is 7.35. The molecular weight excluding hydrogens is 316 g/mol. The molecule has 0 aromatic heterocycles. The molecule has 0 unspecified atom stereocenters. The summed E-state index contributed by atoms with van der Waals surface area (Å²) in [4.78, 5) is 5.23. The van der Waals surface area contributed by atoms with Crippen molar-refractivity contribution in [2.45, 2.75) is 19.4 Å². The number of hydrogen-bond donors (Lipinski definition) is 0. The van der Waals surface area contributed by atoms with Crippen LogP contribution in [0.4, 0.5) is 0 Å². The van der Waals surface area contributed by atoms with E-state index in [9.17, 15) is 0 Å². The fourth-order valence-corrected chi connectivity index (χ4v) is 3.99. The van der Waals surface area contributed by atoms with Gasteiger partial charge in [-0.25, -0.2) is 0 Å². The van der Waals surface area contributed by atoms with Gasteiger partial charge >= 0.3 is 0 Å². The Balaban J connectivity index is 1.26. The second kappa shape index (κ2) is 8.48. The first-order valence-electron chi connectivity index (χ1n) is 9.84. The van der Waals surface area contributed by atoms with E-state index in [1.807, 2.05) is 0 Å². The predicted molar refractivity (Wildman–Crippen MR) is 110 cm³/mol. The molecular formula is C24H28N2. The average Bonchev–Trinajstić information content (AvgIpc) is 2.70. The van der Waals surface area contributed by atoms with Crippen molar-refractivity contribution in [3.8, 4) is 0 Å². The predicted octanol–water partition coefficient (Wildman–Crippen LogP) is 4.59. The van der Waals surface area contributed by atoms with Crippen LogP contribution in [0.3, 0.4) is 0 Å². The van der Waals surface area contributed by atoms with Gasteiger partial charge in [0.25, 0.3) is 0 Å². The van der Waals surface area contributed by atoms with Crippen LogP contribution in [0.1, 0.15) is 17.5 Å². The van der Waals surface area contributed by atoms with Crippen molar-refractivity contribution >= 4 is 10.8 Å². The lowest BCUT2D eigenvalue weighted by Gasteiger charge is -2.35. The maximum Gasteiger partial charge on any atom is 0.0240 e. The third kappa shape index (κ3) is 4.32. The lowest BCUT2D eigenvalue weighted by atomic mass is 10.0. The van der Waals surface area contributed by atoms with E-state index < -0.39 is 0 Å². The van der Waals surface area contributed by atoms with Gasteiger partial charge < -0.3 is 4.90 Å². The van der Waals surface area contributed by atoms with Crippen molar-refractivity contribution in [2.24, 2.45) is 0 Å². The molecule has 0 N–H and O–H groups in total. The van der Waals surface area contributed by atoms with Gasteiger partial charge in [0, 0.05) is 32.7 Å². The highest BCUT2D eigenvalue weighted by Gasteiger charge is 2.17. The Bertz CT molecular complexity index is 814. The van der Waals surface area contributed by atoms with Gasteiger partial charge in [0.2, 0.25) is 0 Å². The van der Waals surface area contributed by atoms with Crippen molar-refractivity contribution < 1.29 is 0 Å². The number of rotatable bonds is 6. The van der Waals surface area contributed by atoms with Gasteiger partial charge in [0.05, 0.1) is 0 Å². The highest BCUT2D eigenvalue weighted by Crippen LogP contribution is 2.20. The van der Waals surface area contributed by atoms with Crippen molar-refractivity contribution in [3.63, 3.8) is 0 Å². The number of fused-ring (bicyclic) bond motifs is 1. The summed E-state index contributed by atoms with van der Waals surface area (Å²) < 4.78 is 0. The third-order valence-corrected chi connectivity index (χ3v) is 5.52. The standard InChI is InChI=1S/C24H28N2/c1-2-8-21(9-3-1)10-7-15-25-16-18-26(19-17-25)20-23-13-6-12-22-11-4-5-14-24(22)23/h1-6,8-9,11-14H,7,10,15-20H2. The third-order valence-electron chi connectivity index (χ3n) is 5.52. The van der Waals surface area contributed by atoms with Crippen LogP contribution in [0.5, 0.6) is 0 Å². The topological polar surface area (TPSA) is 6.48 Å². The molecule has 0 bridgehead atoms. The maximum absolute atomic E-state index is 2.63. The Labute approximate surface area is 157 Å². The van der Waals surface area contributed by atoms with Crippen LogP contribution >= 0.6 is 0 Å². The first kappa shape index (κ1) is 17.3. The van der Waals surface area contributed by atoms with Crippen LogP contribution in [-0.4, -0.2) is 42.5 Å². The Morgan fingerprint density at radius 3 is 2.19 bits per heavy atom. The zero-order valence-corrected chi connectivity index (χ0v) is 15.5. The van der Waals surface area contributed by atoms with Gasteiger partial charge in [0.1, 0.15) is 0 Å². The lowest BCUT2D eigenvalue weighted by molar-refractivity contribution is 0.126. The monoisotopic (exact) mass is 344 g/mol. The summed E-state index contributed by atoms with van der Waals surface area (Å²) in [6, 6.07) is 26.3. The number of piperazine rings is 1. The molecule has 1 heterocycles. The molecule has 2 heteroatoms. The summed E-state index contributed by atoms with van der Waals surface area (Å²) in [6.07, 6.45) is 2.45. The van der Waals surface area contributed by atoms with Crippen LogP contribution in [0.15, 0.2) is 72.8 Å². The fraction of sp³-hybridized carbons (Fsp3) is 0.333. The smallest absolute Gasteiger partial charge is 0.0240 e. The molecule has 3 aromatic carbocycles. The van der Waals surface area contributed by atoms with Gasteiger partial charge in [-0.05, 0) is 41.3 Å². The maximum atomic E-state index is 2.63. The van der Waals surface area contributed by atoms with Crippen molar-refractivity contribution in [1.82, 2.24) is 9.80 Å². The van der Waals surface area contributed by atoms with Crippen molar-refractivity contribution in [2.75, 3.05) is 32.7 Å². The van der Waals surface area contributed by atoms with E-state index in [2.05, 4.69) is 82.6 Å². The fourth-order valence-electron chi connectivity index (χ4n) is 3.99. The minimum atomic E-state index is 1.07. The molecule has 26 heavy (non-hydrogen) atoms. The molecule has 1 aliphatic heterocycles. The molecule has 134 valence electrons. The SMILES string of the molecule is c1ccc(CCCN2CCN(Cc3cccc4ccccc34)CC2)cc1. The molecule has 0 amide bonds. The normalized spacial score (nSPS) is 16.2. The molecule has 2 nitrogen and oxygen atoms in total. The first-order chi connectivity index (χ1) is 12.9. The molecule has 0 atom stereocenters. The molecule has 1 fully saturated rings. The van der Waals surface area contributed by atoms with Gasteiger partial charge in [-0.2, -0.15) is 0 Å². The van der Waals surface area contributed by atoms with Crippen LogP contribution in [0, 0.1) is 0 Å². The Morgan fingerprint density at radius 1 is 0.654 bits per heavy atom. The van der Waals surface area contributed by atoms with E-state index in [1.54, 1.807) is 0 Å². The Kier molecular flexibility index (Phi) is 5.63. The van der Waals surface area contributed by atoms with Gasteiger partial charge in [-0.15, -0.1) is 0 Å². The summed E-state index contributed by atoms with van der Waals surface area (Å²) in [5.74, 6) is 0. The molecule has 0 aliphatic carbocycles. The molecule has 1 saturated heterocycles. The number of benzene rings is 3. The summed E-state index contributed by atoms with van der Waals surface area (Å²) in [7, 11) is 0. The molecule has 0 spiro atoms. The molecule has 0 radical (unpaired) electrons. The average molecular weight is 345 g/mol. The summed E-state index contributed by atoms with van der Waals surface area (Å²) in [6.45, 7) is 7.03. The minimum absolute atomic E-state index is 1.07. The number of hydrogen-bond acceptors (Lipinski definition) is 2. The molecule has 0 saturated carbocycles. The zero-order valence-electron chi connectivity index (χ0n) is 15.5. The largest absolute Gasteiger partial charge is 0.301 e. The van der Waals surface area contributed by atoms with E-state index in [-0.39, 0.29) is 0 Å². The number of nitrogens with zero attached hydrogens (tertiary/aromatic N) is 2. The first-order valence-corrected chi connectivity index (χ1v) is 9.84. The highest BCUT2D eigenvalue weighted by molar-refractivity contribution is 5.85. The summed E-state index contributed by atoms with van der Waals surface area (Å²) in [5.41, 5.74) is 2.92. The van der Waals surface area contributed by atoms with E-state index >= 15 is 0 Å². The highest BCUT2D eigenvalue weighted by atomic mass is 15.3. The minimum Gasteiger partial charge on any atom is -0.301 e. The van der Waals surface area contributed by atoms with E-state index in [0.29, 0.717) is 0 Å². The Morgan fingerprint density at radius 2 is 1.35 bits per heavy atom. The van der Waals surface area contributed by atoms with Crippen LogP contribution in [-0.2, 0) is 13.0 Å². The number of aryl methyl sites for hydroxylation is 1. The van der Waals surface area contributed by atoms with Crippen LogP contribution < -0.4 is 0 Å². The summed E-state index contributed by atoms with van der Waals surface area (Å²) in [5, 5.41) is 2.75. The van der Waals surface area contributed by atoms with Gasteiger partial charge in [-0.1, -0.05) is 72.8 Å². The molecule has 4 rings (SSSR count). The second-order valence-electron chi connectivity index (χ2n) is 7.35. The van der Waals surface area contributed by atoms with Crippen molar-refractivity contribution in [1.29, 1.82) is 0 Å². The van der Waals surface area contributed by atoms with Gasteiger partial charge in [0.15, 0.2) is 0 Å². The summed E-state index contributed by atoms with van der Waals surface area (Å²) >= 11 is 0. The van der Waals surface area contributed by atoms with E-state index in [1.165, 1.54) is 67.5 Å².